The third-order valence-corrected chi connectivity index (χ3v) is 4.32. The molecule has 138 valence electrons. The maximum Gasteiger partial charge on any atom is 0.416 e. The Morgan fingerprint density at radius 3 is 2.27 bits per heavy atom. The van der Waals surface area contributed by atoms with E-state index >= 15 is 0 Å². The SMILES string of the molecule is O=C(C=Nc1ccc(C(F)(F)F)cc1)NNCc1cc(Br)c(O)c(Br)c1. The van der Waals surface area contributed by atoms with Crippen molar-refractivity contribution in [2.75, 3.05) is 0 Å². The number of rotatable bonds is 5. The maximum atomic E-state index is 12.5. The molecule has 0 aliphatic heterocycles. The smallest absolute Gasteiger partial charge is 0.416 e. The Kier molecular flexibility index (Phi) is 6.79. The van der Waals surface area contributed by atoms with E-state index in [0.29, 0.717) is 8.95 Å². The molecule has 0 radical (unpaired) electrons. The third kappa shape index (κ3) is 5.82. The predicted molar refractivity (Wildman–Crippen MR) is 98.1 cm³/mol. The molecule has 0 unspecified atom stereocenters. The molecule has 0 saturated heterocycles. The summed E-state index contributed by atoms with van der Waals surface area (Å²) in [6.45, 7) is 0.275. The molecule has 26 heavy (non-hydrogen) atoms. The van der Waals surface area contributed by atoms with E-state index in [2.05, 4.69) is 47.7 Å². The molecule has 1 amide bonds. The quantitative estimate of drug-likeness (QED) is 0.424. The van der Waals surface area contributed by atoms with Crippen molar-refractivity contribution in [3.8, 4) is 5.75 Å². The van der Waals surface area contributed by atoms with Gasteiger partial charge in [-0.3, -0.25) is 15.2 Å². The van der Waals surface area contributed by atoms with Gasteiger partial charge in [0.15, 0.2) is 0 Å². The molecule has 5 nitrogen and oxygen atoms in total. The van der Waals surface area contributed by atoms with Gasteiger partial charge in [-0.15, -0.1) is 0 Å². The molecular formula is C16H12Br2F3N3O2. The molecule has 0 fully saturated rings. The second kappa shape index (κ2) is 8.65. The number of hydrogen-bond acceptors (Lipinski definition) is 4. The van der Waals surface area contributed by atoms with Crippen molar-refractivity contribution in [2.45, 2.75) is 12.7 Å². The lowest BCUT2D eigenvalue weighted by atomic mass is 10.2. The molecule has 0 spiro atoms. The minimum Gasteiger partial charge on any atom is -0.506 e. The molecule has 0 bridgehead atoms. The number of amides is 1. The van der Waals surface area contributed by atoms with Crippen LogP contribution in [-0.2, 0) is 17.5 Å². The fourth-order valence-corrected chi connectivity index (χ4v) is 3.14. The summed E-state index contributed by atoms with van der Waals surface area (Å²) in [5.41, 5.74) is 5.27. The number of nitrogens with zero attached hydrogens (tertiary/aromatic N) is 1. The van der Waals surface area contributed by atoms with Crippen LogP contribution in [0.4, 0.5) is 18.9 Å². The summed E-state index contributed by atoms with van der Waals surface area (Å²) >= 11 is 6.40. The number of carbonyl (C=O) groups is 1. The lowest BCUT2D eigenvalue weighted by Gasteiger charge is -2.08. The number of hydrogen-bond donors (Lipinski definition) is 3. The highest BCUT2D eigenvalue weighted by Crippen LogP contribution is 2.33. The first kappa shape index (κ1) is 20.4. The van der Waals surface area contributed by atoms with Crippen LogP contribution in [0.5, 0.6) is 5.75 Å². The van der Waals surface area contributed by atoms with Gasteiger partial charge in [0, 0.05) is 6.54 Å². The number of aromatic hydroxyl groups is 1. The zero-order valence-corrected chi connectivity index (χ0v) is 16.1. The summed E-state index contributed by atoms with van der Waals surface area (Å²) in [5.74, 6) is -0.497. The van der Waals surface area contributed by atoms with E-state index < -0.39 is 17.6 Å². The first-order chi connectivity index (χ1) is 12.2. The standard InChI is InChI=1S/C16H12Br2F3N3O2/c17-12-5-9(6-13(18)15(12)26)7-23-24-14(25)8-22-11-3-1-10(2-4-11)16(19,20)21/h1-6,8,23,26H,7H2,(H,24,25). The van der Waals surface area contributed by atoms with Gasteiger partial charge in [0.05, 0.1) is 26.4 Å². The molecule has 0 heterocycles. The fourth-order valence-electron chi connectivity index (χ4n) is 1.86. The van der Waals surface area contributed by atoms with E-state index in [4.69, 9.17) is 0 Å². The van der Waals surface area contributed by atoms with Crippen LogP contribution in [0, 0.1) is 0 Å². The Labute approximate surface area is 163 Å². The monoisotopic (exact) mass is 493 g/mol. The zero-order valence-electron chi connectivity index (χ0n) is 12.9. The van der Waals surface area contributed by atoms with Crippen molar-refractivity contribution in [1.82, 2.24) is 10.9 Å². The van der Waals surface area contributed by atoms with Crippen molar-refractivity contribution < 1.29 is 23.1 Å². The fraction of sp³-hybridized carbons (Fsp3) is 0.125. The first-order valence-electron chi connectivity index (χ1n) is 7.08. The van der Waals surface area contributed by atoms with Gasteiger partial charge in [-0.25, -0.2) is 5.43 Å². The highest BCUT2D eigenvalue weighted by atomic mass is 79.9. The van der Waals surface area contributed by atoms with E-state index in [1.54, 1.807) is 12.1 Å². The van der Waals surface area contributed by atoms with Crippen molar-refractivity contribution in [3.05, 3.63) is 56.5 Å². The van der Waals surface area contributed by atoms with Crippen molar-refractivity contribution in [3.63, 3.8) is 0 Å². The van der Waals surface area contributed by atoms with Gasteiger partial charge in [-0.1, -0.05) is 0 Å². The number of phenols is 1. The number of aliphatic imine (C=N–C) groups is 1. The Bertz CT molecular complexity index is 801. The van der Waals surface area contributed by atoms with Crippen LogP contribution < -0.4 is 10.9 Å². The highest BCUT2D eigenvalue weighted by Gasteiger charge is 2.29. The van der Waals surface area contributed by atoms with Crippen LogP contribution in [0.1, 0.15) is 11.1 Å². The van der Waals surface area contributed by atoms with Crippen molar-refractivity contribution in [2.24, 2.45) is 4.99 Å². The van der Waals surface area contributed by atoms with E-state index in [9.17, 15) is 23.1 Å². The lowest BCUT2D eigenvalue weighted by Crippen LogP contribution is -2.37. The molecule has 2 aromatic carbocycles. The van der Waals surface area contributed by atoms with Crippen LogP contribution >= 0.6 is 31.9 Å². The Morgan fingerprint density at radius 2 is 1.73 bits per heavy atom. The second-order valence-corrected chi connectivity index (χ2v) is 6.76. The summed E-state index contributed by atoms with van der Waals surface area (Å²) in [6.07, 6.45) is -3.46. The van der Waals surface area contributed by atoms with Crippen molar-refractivity contribution in [1.29, 1.82) is 0 Å². The van der Waals surface area contributed by atoms with Crippen LogP contribution in [0.15, 0.2) is 50.3 Å². The van der Waals surface area contributed by atoms with Gasteiger partial charge in [0.25, 0.3) is 5.91 Å². The number of nitrogens with one attached hydrogen (secondary N) is 2. The van der Waals surface area contributed by atoms with Crippen LogP contribution in [-0.4, -0.2) is 17.2 Å². The van der Waals surface area contributed by atoms with Crippen LogP contribution in [0.3, 0.4) is 0 Å². The highest BCUT2D eigenvalue weighted by molar-refractivity contribution is 9.11. The summed E-state index contributed by atoms with van der Waals surface area (Å²) in [6, 6.07) is 7.48. The van der Waals surface area contributed by atoms with Gasteiger partial charge >= 0.3 is 6.18 Å². The van der Waals surface area contributed by atoms with E-state index in [1.165, 1.54) is 12.1 Å². The second-order valence-electron chi connectivity index (χ2n) is 5.05. The molecule has 3 N–H and O–H groups in total. The summed E-state index contributed by atoms with van der Waals surface area (Å²) in [7, 11) is 0. The zero-order chi connectivity index (χ0) is 19.3. The number of hydrazine groups is 1. The minimum atomic E-state index is -4.41. The number of halogens is 5. The molecule has 0 aliphatic carbocycles. The van der Waals surface area contributed by atoms with Gasteiger partial charge in [-0.2, -0.15) is 13.2 Å². The largest absolute Gasteiger partial charge is 0.506 e. The average Bonchev–Trinajstić information content (AvgIpc) is 2.57. The Balaban J connectivity index is 1.86. The molecule has 10 heteroatoms. The predicted octanol–water partition coefficient (Wildman–Crippen LogP) is 4.46. The third-order valence-electron chi connectivity index (χ3n) is 3.11. The van der Waals surface area contributed by atoms with Gasteiger partial charge in [-0.05, 0) is 73.8 Å². The van der Waals surface area contributed by atoms with E-state index in [0.717, 1.165) is 23.9 Å². The minimum absolute atomic E-state index is 0.0708. The van der Waals surface area contributed by atoms with Crippen LogP contribution in [0.25, 0.3) is 0 Å². The number of alkyl halides is 3. The van der Waals surface area contributed by atoms with Crippen LogP contribution in [0.2, 0.25) is 0 Å². The molecule has 2 aromatic rings. The first-order valence-corrected chi connectivity index (χ1v) is 8.66. The number of carbonyl (C=O) groups excluding carboxylic acids is 1. The molecule has 0 atom stereocenters. The summed E-state index contributed by atoms with van der Waals surface area (Å²) < 4.78 is 38.4. The van der Waals surface area contributed by atoms with Gasteiger partial charge in [0.2, 0.25) is 0 Å². The molecule has 2 rings (SSSR count). The number of benzene rings is 2. The number of phenolic OH excluding ortho intramolecular Hbond substituents is 1. The molecular weight excluding hydrogens is 483 g/mol. The topological polar surface area (TPSA) is 73.7 Å². The molecule has 0 aromatic heterocycles. The molecule has 0 saturated carbocycles. The van der Waals surface area contributed by atoms with Gasteiger partial charge < -0.3 is 5.11 Å². The molecule has 0 aliphatic rings. The summed E-state index contributed by atoms with van der Waals surface area (Å²) in [4.78, 5) is 15.5. The van der Waals surface area contributed by atoms with E-state index in [-0.39, 0.29) is 18.0 Å². The van der Waals surface area contributed by atoms with Gasteiger partial charge in [0.1, 0.15) is 5.75 Å². The summed E-state index contributed by atoms with van der Waals surface area (Å²) in [5, 5.41) is 9.62. The lowest BCUT2D eigenvalue weighted by molar-refractivity contribution is -0.137. The maximum absolute atomic E-state index is 12.5. The average molecular weight is 495 g/mol. The van der Waals surface area contributed by atoms with E-state index in [1.807, 2.05) is 0 Å². The Morgan fingerprint density at radius 1 is 1.15 bits per heavy atom. The van der Waals surface area contributed by atoms with Crippen molar-refractivity contribution >= 4 is 49.7 Å². The Hall–Kier alpha value is -1.91. The normalized spacial score (nSPS) is 11.7.